The van der Waals surface area contributed by atoms with E-state index in [9.17, 15) is 18.0 Å². The lowest BCUT2D eigenvalue weighted by Gasteiger charge is -2.12. The van der Waals surface area contributed by atoms with Crippen LogP contribution in [0.15, 0.2) is 48.0 Å². The average Bonchev–Trinajstić information content (AvgIpc) is 3.23. The molecule has 136 valence electrons. The maximum absolute atomic E-state index is 12.9. The highest BCUT2D eigenvalue weighted by atomic mass is 32.1. The highest BCUT2D eigenvalue weighted by molar-refractivity contribution is 7.10. The standard InChI is InChI=1S/C18H16F3N3OS/c1-11(16-7-4-8-26-16)23-17(25)15-10-22-24(12(15)2)14-6-3-5-13(9-14)18(19,20)21/h3-11H,1-2H3,(H,23,25)/t11-/m1/s1. The van der Waals surface area contributed by atoms with Crippen molar-refractivity contribution in [3.8, 4) is 5.69 Å². The molecule has 0 aliphatic carbocycles. The summed E-state index contributed by atoms with van der Waals surface area (Å²) in [6, 6.07) is 8.50. The third-order valence-corrected chi connectivity index (χ3v) is 5.05. The van der Waals surface area contributed by atoms with Gasteiger partial charge in [0.25, 0.3) is 5.91 Å². The summed E-state index contributed by atoms with van der Waals surface area (Å²) in [5, 5.41) is 8.89. The predicted octanol–water partition coefficient (Wildman–Crippen LogP) is 4.75. The third-order valence-electron chi connectivity index (χ3n) is 3.99. The van der Waals surface area contributed by atoms with E-state index in [0.717, 1.165) is 17.0 Å². The van der Waals surface area contributed by atoms with Crippen LogP contribution in [0.4, 0.5) is 13.2 Å². The molecular weight excluding hydrogens is 363 g/mol. The minimum Gasteiger partial charge on any atom is -0.345 e. The summed E-state index contributed by atoms with van der Waals surface area (Å²) in [5.74, 6) is -0.318. The van der Waals surface area contributed by atoms with Crippen LogP contribution in [0.2, 0.25) is 0 Å². The van der Waals surface area contributed by atoms with E-state index in [1.807, 2.05) is 24.4 Å². The van der Waals surface area contributed by atoms with Crippen LogP contribution in [0.25, 0.3) is 5.69 Å². The summed E-state index contributed by atoms with van der Waals surface area (Å²) in [6.07, 6.45) is -3.07. The number of carbonyl (C=O) groups is 1. The van der Waals surface area contributed by atoms with Gasteiger partial charge in [-0.25, -0.2) is 4.68 Å². The number of alkyl halides is 3. The second-order valence-corrected chi connectivity index (χ2v) is 6.79. The largest absolute Gasteiger partial charge is 0.416 e. The lowest BCUT2D eigenvalue weighted by molar-refractivity contribution is -0.137. The van der Waals surface area contributed by atoms with Crippen LogP contribution in [-0.2, 0) is 6.18 Å². The monoisotopic (exact) mass is 379 g/mol. The number of rotatable bonds is 4. The summed E-state index contributed by atoms with van der Waals surface area (Å²) < 4.78 is 40.0. The Kier molecular flexibility index (Phi) is 4.86. The second kappa shape index (κ2) is 6.95. The molecule has 0 fully saturated rings. The van der Waals surface area contributed by atoms with Crippen molar-refractivity contribution >= 4 is 17.2 Å². The number of hydrogen-bond donors (Lipinski definition) is 1. The molecule has 3 aromatic rings. The Hall–Kier alpha value is -2.61. The van der Waals surface area contributed by atoms with E-state index < -0.39 is 11.7 Å². The first-order valence-corrected chi connectivity index (χ1v) is 8.72. The number of aromatic nitrogens is 2. The molecule has 0 aliphatic rings. The van der Waals surface area contributed by atoms with Crippen LogP contribution in [-0.4, -0.2) is 15.7 Å². The number of halogens is 3. The molecule has 26 heavy (non-hydrogen) atoms. The summed E-state index contributed by atoms with van der Waals surface area (Å²) in [6.45, 7) is 3.52. The molecule has 0 radical (unpaired) electrons. The maximum atomic E-state index is 12.9. The van der Waals surface area contributed by atoms with Crippen LogP contribution < -0.4 is 5.32 Å². The van der Waals surface area contributed by atoms with Gasteiger partial charge in [-0.3, -0.25) is 4.79 Å². The number of amides is 1. The highest BCUT2D eigenvalue weighted by Gasteiger charge is 2.30. The molecule has 1 N–H and O–H groups in total. The zero-order valence-electron chi connectivity index (χ0n) is 14.0. The van der Waals surface area contributed by atoms with Crippen molar-refractivity contribution in [2.75, 3.05) is 0 Å². The number of hydrogen-bond acceptors (Lipinski definition) is 3. The van der Waals surface area contributed by atoms with Gasteiger partial charge in [-0.15, -0.1) is 11.3 Å². The van der Waals surface area contributed by atoms with Gasteiger partial charge in [-0.1, -0.05) is 12.1 Å². The van der Waals surface area contributed by atoms with Gasteiger partial charge in [-0.05, 0) is 43.5 Å². The van der Waals surface area contributed by atoms with Crippen molar-refractivity contribution < 1.29 is 18.0 Å². The Labute approximate surface area is 152 Å². The van der Waals surface area contributed by atoms with Gasteiger partial charge in [0.1, 0.15) is 0 Å². The first kappa shape index (κ1) is 18.2. The molecule has 3 rings (SSSR count). The summed E-state index contributed by atoms with van der Waals surface area (Å²) >= 11 is 1.54. The molecule has 0 saturated heterocycles. The van der Waals surface area contributed by atoms with Crippen molar-refractivity contribution in [2.45, 2.75) is 26.1 Å². The summed E-state index contributed by atoms with van der Waals surface area (Å²) in [5.41, 5.74) is 0.288. The lowest BCUT2D eigenvalue weighted by atomic mass is 10.2. The number of thiophene rings is 1. The fraction of sp³-hybridized carbons (Fsp3) is 0.222. The fourth-order valence-electron chi connectivity index (χ4n) is 2.59. The van der Waals surface area contributed by atoms with Gasteiger partial charge in [0.15, 0.2) is 0 Å². The van der Waals surface area contributed by atoms with E-state index in [2.05, 4.69) is 10.4 Å². The number of nitrogens with one attached hydrogen (secondary N) is 1. The molecule has 2 aromatic heterocycles. The van der Waals surface area contributed by atoms with Gasteiger partial charge in [0.05, 0.1) is 34.7 Å². The van der Waals surface area contributed by atoms with Crippen LogP contribution in [0, 0.1) is 6.92 Å². The topological polar surface area (TPSA) is 46.9 Å². The Morgan fingerprint density at radius 2 is 2.04 bits per heavy atom. The molecule has 0 bridgehead atoms. The van der Waals surface area contributed by atoms with Gasteiger partial charge >= 0.3 is 6.18 Å². The maximum Gasteiger partial charge on any atom is 0.416 e. The van der Waals surface area contributed by atoms with E-state index in [0.29, 0.717) is 11.3 Å². The molecule has 0 aliphatic heterocycles. The number of benzene rings is 1. The second-order valence-electron chi connectivity index (χ2n) is 5.81. The Bertz CT molecular complexity index is 916. The summed E-state index contributed by atoms with van der Waals surface area (Å²) in [4.78, 5) is 13.5. The van der Waals surface area contributed by atoms with E-state index in [1.54, 1.807) is 6.92 Å². The van der Waals surface area contributed by atoms with E-state index in [-0.39, 0.29) is 17.6 Å². The predicted molar refractivity (Wildman–Crippen MR) is 93.5 cm³/mol. The lowest BCUT2D eigenvalue weighted by Crippen LogP contribution is -2.26. The molecule has 1 amide bonds. The van der Waals surface area contributed by atoms with Crippen LogP contribution in [0.1, 0.15) is 39.5 Å². The molecule has 8 heteroatoms. The first-order valence-electron chi connectivity index (χ1n) is 7.84. The Morgan fingerprint density at radius 3 is 2.69 bits per heavy atom. The van der Waals surface area contributed by atoms with Crippen molar-refractivity contribution in [2.24, 2.45) is 0 Å². The van der Waals surface area contributed by atoms with E-state index >= 15 is 0 Å². The summed E-state index contributed by atoms with van der Waals surface area (Å²) in [7, 11) is 0. The van der Waals surface area contributed by atoms with Crippen molar-refractivity contribution in [3.05, 3.63) is 69.7 Å². The van der Waals surface area contributed by atoms with Crippen molar-refractivity contribution in [1.82, 2.24) is 15.1 Å². The molecular formula is C18H16F3N3OS. The zero-order valence-corrected chi connectivity index (χ0v) is 14.9. The van der Waals surface area contributed by atoms with E-state index in [1.165, 1.54) is 34.3 Å². The average molecular weight is 379 g/mol. The third kappa shape index (κ3) is 3.65. The van der Waals surface area contributed by atoms with Gasteiger partial charge in [0, 0.05) is 4.88 Å². The number of carbonyl (C=O) groups excluding carboxylic acids is 1. The van der Waals surface area contributed by atoms with Gasteiger partial charge in [-0.2, -0.15) is 18.3 Å². The smallest absolute Gasteiger partial charge is 0.345 e. The SMILES string of the molecule is Cc1c(C(=O)N[C@H](C)c2cccs2)cnn1-c1cccc(C(F)(F)F)c1. The molecule has 2 heterocycles. The number of nitrogens with zero attached hydrogens (tertiary/aromatic N) is 2. The minimum absolute atomic E-state index is 0.168. The van der Waals surface area contributed by atoms with Crippen LogP contribution in [0.3, 0.4) is 0 Å². The quantitative estimate of drug-likeness (QED) is 0.711. The van der Waals surface area contributed by atoms with Gasteiger partial charge < -0.3 is 5.32 Å². The van der Waals surface area contributed by atoms with E-state index in [4.69, 9.17) is 0 Å². The molecule has 0 spiro atoms. The first-order chi connectivity index (χ1) is 12.3. The molecule has 1 atom stereocenters. The molecule has 1 aromatic carbocycles. The zero-order chi connectivity index (χ0) is 18.9. The fourth-order valence-corrected chi connectivity index (χ4v) is 3.32. The molecule has 4 nitrogen and oxygen atoms in total. The highest BCUT2D eigenvalue weighted by Crippen LogP contribution is 2.30. The normalized spacial score (nSPS) is 12.8. The van der Waals surface area contributed by atoms with Crippen molar-refractivity contribution in [3.63, 3.8) is 0 Å². The van der Waals surface area contributed by atoms with Crippen LogP contribution >= 0.6 is 11.3 Å². The molecule has 0 saturated carbocycles. The molecule has 0 unspecified atom stereocenters. The minimum atomic E-state index is -4.44. The van der Waals surface area contributed by atoms with Crippen molar-refractivity contribution in [1.29, 1.82) is 0 Å². The van der Waals surface area contributed by atoms with Crippen LogP contribution in [0.5, 0.6) is 0 Å². The Balaban J connectivity index is 1.85. The Morgan fingerprint density at radius 1 is 1.27 bits per heavy atom. The van der Waals surface area contributed by atoms with Gasteiger partial charge in [0.2, 0.25) is 0 Å².